The van der Waals surface area contributed by atoms with Gasteiger partial charge in [0, 0.05) is 18.8 Å². The molecule has 1 aliphatic heterocycles. The zero-order valence-corrected chi connectivity index (χ0v) is 10.8. The maximum Gasteiger partial charge on any atom is 0.214 e. The number of nitrogen functional groups attached to an aromatic ring is 1. The summed E-state index contributed by atoms with van der Waals surface area (Å²) in [5, 5.41) is 0. The van der Waals surface area contributed by atoms with Crippen molar-refractivity contribution < 1.29 is 8.42 Å². The first-order valence-corrected chi connectivity index (χ1v) is 7.49. The van der Waals surface area contributed by atoms with Crippen molar-refractivity contribution in [2.45, 2.75) is 26.3 Å². The van der Waals surface area contributed by atoms with E-state index < -0.39 is 10.0 Å². The first kappa shape index (κ1) is 12.4. The fourth-order valence-corrected chi connectivity index (χ4v) is 3.65. The summed E-state index contributed by atoms with van der Waals surface area (Å²) in [6.45, 7) is 2.93. The average molecular weight is 254 g/mol. The zero-order chi connectivity index (χ0) is 12.5. The van der Waals surface area contributed by atoms with Crippen LogP contribution in [0.25, 0.3) is 0 Å². The molecular formula is C12H18N2O2S. The summed E-state index contributed by atoms with van der Waals surface area (Å²) in [7, 11) is -3.10. The summed E-state index contributed by atoms with van der Waals surface area (Å²) in [4.78, 5) is 0. The van der Waals surface area contributed by atoms with Gasteiger partial charge in [-0.25, -0.2) is 8.42 Å². The Kier molecular flexibility index (Phi) is 3.40. The van der Waals surface area contributed by atoms with Crippen molar-refractivity contribution in [3.05, 3.63) is 29.3 Å². The summed E-state index contributed by atoms with van der Waals surface area (Å²) < 4.78 is 25.5. The van der Waals surface area contributed by atoms with Crippen molar-refractivity contribution in [3.8, 4) is 0 Å². The quantitative estimate of drug-likeness (QED) is 0.829. The van der Waals surface area contributed by atoms with Gasteiger partial charge in [-0.2, -0.15) is 4.31 Å². The van der Waals surface area contributed by atoms with Crippen LogP contribution in [0.5, 0.6) is 0 Å². The van der Waals surface area contributed by atoms with Gasteiger partial charge in [0.1, 0.15) is 0 Å². The monoisotopic (exact) mass is 254 g/mol. The minimum atomic E-state index is -3.10. The molecule has 5 heteroatoms. The molecule has 0 amide bonds. The molecule has 4 nitrogen and oxygen atoms in total. The Bertz CT molecular complexity index is 511. The molecule has 0 spiro atoms. The van der Waals surface area contributed by atoms with E-state index in [-0.39, 0.29) is 5.75 Å². The van der Waals surface area contributed by atoms with E-state index >= 15 is 0 Å². The molecule has 0 saturated heterocycles. The highest BCUT2D eigenvalue weighted by molar-refractivity contribution is 7.89. The van der Waals surface area contributed by atoms with Crippen LogP contribution in [-0.4, -0.2) is 25.0 Å². The Balaban J connectivity index is 2.24. The average Bonchev–Trinajstić information content (AvgIpc) is 2.28. The van der Waals surface area contributed by atoms with Crippen LogP contribution in [0.1, 0.15) is 24.5 Å². The highest BCUT2D eigenvalue weighted by atomic mass is 32.2. The van der Waals surface area contributed by atoms with Crippen LogP contribution in [0, 0.1) is 0 Å². The van der Waals surface area contributed by atoms with Gasteiger partial charge in [-0.3, -0.25) is 0 Å². The van der Waals surface area contributed by atoms with Crippen molar-refractivity contribution in [2.75, 3.05) is 18.0 Å². The smallest absolute Gasteiger partial charge is 0.214 e. The summed E-state index contributed by atoms with van der Waals surface area (Å²) in [5.74, 6) is 0.227. The lowest BCUT2D eigenvalue weighted by molar-refractivity contribution is 0.391. The molecule has 0 bridgehead atoms. The fraction of sp³-hybridized carbons (Fsp3) is 0.500. The third-order valence-corrected chi connectivity index (χ3v) is 5.09. The Morgan fingerprint density at radius 3 is 2.82 bits per heavy atom. The number of anilines is 1. The van der Waals surface area contributed by atoms with Gasteiger partial charge in [0.25, 0.3) is 0 Å². The summed E-state index contributed by atoms with van der Waals surface area (Å²) >= 11 is 0. The first-order chi connectivity index (χ1) is 8.03. The molecule has 1 aromatic rings. The Morgan fingerprint density at radius 1 is 1.35 bits per heavy atom. The second kappa shape index (κ2) is 4.66. The molecule has 94 valence electrons. The summed E-state index contributed by atoms with van der Waals surface area (Å²) in [6, 6.07) is 5.74. The van der Waals surface area contributed by atoms with E-state index in [1.54, 1.807) is 4.31 Å². The maximum absolute atomic E-state index is 12.0. The van der Waals surface area contributed by atoms with Crippen molar-refractivity contribution in [3.63, 3.8) is 0 Å². The molecule has 1 aromatic carbocycles. The van der Waals surface area contributed by atoms with Gasteiger partial charge in [-0.1, -0.05) is 13.0 Å². The van der Waals surface area contributed by atoms with Gasteiger partial charge in [0.15, 0.2) is 0 Å². The molecular weight excluding hydrogens is 236 g/mol. The normalized spacial score (nSPS) is 16.8. The Labute approximate surface area is 102 Å². The lowest BCUT2D eigenvalue weighted by Crippen LogP contribution is -2.37. The van der Waals surface area contributed by atoms with Crippen LogP contribution in [0.2, 0.25) is 0 Å². The number of hydrogen-bond donors (Lipinski definition) is 1. The largest absolute Gasteiger partial charge is 0.399 e. The van der Waals surface area contributed by atoms with Crippen molar-refractivity contribution in [2.24, 2.45) is 0 Å². The number of nitrogens with zero attached hydrogens (tertiary/aromatic N) is 1. The van der Waals surface area contributed by atoms with E-state index in [1.165, 1.54) is 5.56 Å². The standard InChI is InChI=1S/C12H18N2O2S/c1-2-7-17(15,16)14-6-5-10-3-4-12(13)8-11(10)9-14/h3-4,8H,2,5-7,9,13H2,1H3. The fourth-order valence-electron chi connectivity index (χ4n) is 2.18. The van der Waals surface area contributed by atoms with E-state index in [1.807, 2.05) is 25.1 Å². The van der Waals surface area contributed by atoms with E-state index in [4.69, 9.17) is 5.73 Å². The molecule has 0 aliphatic carbocycles. The van der Waals surface area contributed by atoms with E-state index in [9.17, 15) is 8.42 Å². The Hall–Kier alpha value is -1.07. The molecule has 0 unspecified atom stereocenters. The molecule has 1 heterocycles. The third-order valence-electron chi connectivity index (χ3n) is 3.06. The molecule has 1 aliphatic rings. The second-order valence-electron chi connectivity index (χ2n) is 4.43. The molecule has 0 fully saturated rings. The van der Waals surface area contributed by atoms with Gasteiger partial charge in [-0.15, -0.1) is 0 Å². The van der Waals surface area contributed by atoms with Crippen LogP contribution >= 0.6 is 0 Å². The van der Waals surface area contributed by atoms with Gasteiger partial charge < -0.3 is 5.73 Å². The van der Waals surface area contributed by atoms with Crippen LogP contribution in [0.3, 0.4) is 0 Å². The predicted molar refractivity (Wildman–Crippen MR) is 69.0 cm³/mol. The number of sulfonamides is 1. The van der Waals surface area contributed by atoms with Crippen LogP contribution < -0.4 is 5.73 Å². The van der Waals surface area contributed by atoms with Crippen LogP contribution in [0.4, 0.5) is 5.69 Å². The number of hydrogen-bond acceptors (Lipinski definition) is 3. The number of benzene rings is 1. The Morgan fingerprint density at radius 2 is 2.12 bits per heavy atom. The highest BCUT2D eigenvalue weighted by Crippen LogP contribution is 2.23. The lowest BCUT2D eigenvalue weighted by atomic mass is 10.0. The summed E-state index contributed by atoms with van der Waals surface area (Å²) in [5.41, 5.74) is 8.67. The number of nitrogens with two attached hydrogens (primary N) is 1. The minimum absolute atomic E-state index is 0.227. The van der Waals surface area contributed by atoms with Gasteiger partial charge in [-0.05, 0) is 36.1 Å². The van der Waals surface area contributed by atoms with Crippen molar-refractivity contribution >= 4 is 15.7 Å². The number of rotatable bonds is 3. The predicted octanol–water partition coefficient (Wildman–Crippen LogP) is 1.37. The van der Waals surface area contributed by atoms with E-state index in [0.29, 0.717) is 25.2 Å². The summed E-state index contributed by atoms with van der Waals surface area (Å²) in [6.07, 6.45) is 1.43. The molecule has 0 atom stereocenters. The topological polar surface area (TPSA) is 63.4 Å². The molecule has 17 heavy (non-hydrogen) atoms. The van der Waals surface area contributed by atoms with Crippen molar-refractivity contribution in [1.29, 1.82) is 0 Å². The molecule has 2 rings (SSSR count). The lowest BCUT2D eigenvalue weighted by Gasteiger charge is -2.28. The van der Waals surface area contributed by atoms with Gasteiger partial charge >= 0.3 is 0 Å². The first-order valence-electron chi connectivity index (χ1n) is 5.88. The van der Waals surface area contributed by atoms with Gasteiger partial charge in [0.2, 0.25) is 10.0 Å². The van der Waals surface area contributed by atoms with Crippen LogP contribution in [-0.2, 0) is 23.0 Å². The molecule has 0 saturated carbocycles. The SMILES string of the molecule is CCCS(=O)(=O)N1CCc2ccc(N)cc2C1. The highest BCUT2D eigenvalue weighted by Gasteiger charge is 2.25. The maximum atomic E-state index is 12.0. The second-order valence-corrected chi connectivity index (χ2v) is 6.52. The molecule has 2 N–H and O–H groups in total. The minimum Gasteiger partial charge on any atom is -0.399 e. The van der Waals surface area contributed by atoms with Crippen LogP contribution in [0.15, 0.2) is 18.2 Å². The van der Waals surface area contributed by atoms with E-state index in [0.717, 1.165) is 12.0 Å². The van der Waals surface area contributed by atoms with Crippen molar-refractivity contribution in [1.82, 2.24) is 4.31 Å². The zero-order valence-electron chi connectivity index (χ0n) is 10.0. The number of fused-ring (bicyclic) bond motifs is 1. The third kappa shape index (κ3) is 2.61. The molecule has 0 radical (unpaired) electrons. The van der Waals surface area contributed by atoms with E-state index in [2.05, 4.69) is 0 Å². The van der Waals surface area contributed by atoms with Gasteiger partial charge in [0.05, 0.1) is 5.75 Å². The molecule has 0 aromatic heterocycles.